The Bertz CT molecular complexity index is 718. The summed E-state index contributed by atoms with van der Waals surface area (Å²) in [7, 11) is 0. The summed E-state index contributed by atoms with van der Waals surface area (Å²) in [5.41, 5.74) is 3.41. The maximum Gasteiger partial charge on any atom is 0.293 e. The Morgan fingerprint density at radius 1 is 1.15 bits per heavy atom. The molecule has 0 bridgehead atoms. The second-order valence-corrected chi connectivity index (χ2v) is 4.54. The monoisotopic (exact) mass is 267 g/mol. The third-order valence-corrected chi connectivity index (χ3v) is 2.99. The smallest absolute Gasteiger partial charge is 0.293 e. The number of nitrogens with one attached hydrogen (secondary N) is 1. The quantitative estimate of drug-likeness (QED) is 0.677. The van der Waals surface area contributed by atoms with Gasteiger partial charge < -0.3 is 5.32 Å². The summed E-state index contributed by atoms with van der Waals surface area (Å²) in [6.07, 6.45) is 0. The van der Waals surface area contributed by atoms with E-state index in [0.717, 1.165) is 16.8 Å². The topological polar surface area (TPSA) is 79.0 Å². The summed E-state index contributed by atoms with van der Waals surface area (Å²) in [6, 6.07) is 12.1. The van der Waals surface area contributed by atoms with E-state index in [1.165, 1.54) is 6.07 Å². The van der Waals surface area contributed by atoms with Gasteiger partial charge in [0.05, 0.1) is 16.6 Å². The van der Waals surface area contributed by atoms with Gasteiger partial charge in [0.2, 0.25) is 0 Å². The van der Waals surface area contributed by atoms with Gasteiger partial charge in [-0.3, -0.25) is 10.1 Å². The van der Waals surface area contributed by atoms with Gasteiger partial charge in [-0.25, -0.2) is 0 Å². The van der Waals surface area contributed by atoms with Crippen LogP contribution >= 0.6 is 0 Å². The van der Waals surface area contributed by atoms with Crippen molar-refractivity contribution in [2.45, 2.75) is 13.8 Å². The SMILES string of the molecule is Cc1ccc(C)c(Nc2ccc(C#N)cc2[N+](=O)[O-])c1. The minimum Gasteiger partial charge on any atom is -0.350 e. The minimum absolute atomic E-state index is 0.107. The molecule has 100 valence electrons. The number of rotatable bonds is 3. The van der Waals surface area contributed by atoms with Crippen LogP contribution in [0.3, 0.4) is 0 Å². The van der Waals surface area contributed by atoms with Crippen LogP contribution in [0.25, 0.3) is 0 Å². The molecule has 5 nitrogen and oxygen atoms in total. The third kappa shape index (κ3) is 2.75. The Morgan fingerprint density at radius 2 is 1.90 bits per heavy atom. The van der Waals surface area contributed by atoms with Gasteiger partial charge in [-0.2, -0.15) is 5.26 Å². The van der Waals surface area contributed by atoms with Gasteiger partial charge in [-0.15, -0.1) is 0 Å². The molecule has 0 amide bonds. The number of hydrogen-bond donors (Lipinski definition) is 1. The molecule has 0 saturated heterocycles. The first-order chi connectivity index (χ1) is 9.51. The number of anilines is 2. The van der Waals surface area contributed by atoms with Crippen LogP contribution in [0, 0.1) is 35.3 Å². The molecule has 0 atom stereocenters. The highest BCUT2D eigenvalue weighted by Gasteiger charge is 2.15. The fraction of sp³-hybridized carbons (Fsp3) is 0.133. The molecule has 20 heavy (non-hydrogen) atoms. The van der Waals surface area contributed by atoms with Crippen molar-refractivity contribution in [2.24, 2.45) is 0 Å². The zero-order valence-electron chi connectivity index (χ0n) is 11.2. The number of nitro groups is 1. The van der Waals surface area contributed by atoms with Crippen LogP contribution < -0.4 is 5.32 Å². The van der Waals surface area contributed by atoms with E-state index in [9.17, 15) is 10.1 Å². The lowest BCUT2D eigenvalue weighted by atomic mass is 10.1. The largest absolute Gasteiger partial charge is 0.350 e. The Balaban J connectivity index is 2.46. The Hall–Kier alpha value is -2.87. The summed E-state index contributed by atoms with van der Waals surface area (Å²) in [5, 5.41) is 23.0. The van der Waals surface area contributed by atoms with Crippen LogP contribution in [0.4, 0.5) is 17.1 Å². The predicted molar refractivity (Wildman–Crippen MR) is 77.0 cm³/mol. The van der Waals surface area contributed by atoms with Crippen molar-refractivity contribution in [2.75, 3.05) is 5.32 Å². The molecule has 1 N–H and O–H groups in total. The maximum atomic E-state index is 11.1. The second-order valence-electron chi connectivity index (χ2n) is 4.54. The molecule has 0 radical (unpaired) electrons. The molecule has 0 aliphatic heterocycles. The first-order valence-corrected chi connectivity index (χ1v) is 6.04. The lowest BCUT2D eigenvalue weighted by Crippen LogP contribution is -1.99. The molecular formula is C15H13N3O2. The van der Waals surface area contributed by atoms with E-state index in [-0.39, 0.29) is 11.3 Å². The van der Waals surface area contributed by atoms with E-state index in [0.29, 0.717) is 5.69 Å². The average molecular weight is 267 g/mol. The van der Waals surface area contributed by atoms with Crippen molar-refractivity contribution in [1.82, 2.24) is 0 Å². The normalized spacial score (nSPS) is 9.85. The Labute approximate surface area is 116 Å². The van der Waals surface area contributed by atoms with Crippen LogP contribution in [0.5, 0.6) is 0 Å². The van der Waals surface area contributed by atoms with Crippen molar-refractivity contribution in [3.05, 3.63) is 63.2 Å². The Morgan fingerprint density at radius 3 is 2.55 bits per heavy atom. The first kappa shape index (κ1) is 13.6. The third-order valence-electron chi connectivity index (χ3n) is 2.99. The van der Waals surface area contributed by atoms with Gasteiger partial charge >= 0.3 is 0 Å². The fourth-order valence-electron chi connectivity index (χ4n) is 1.87. The number of nitrogens with zero attached hydrogens (tertiary/aromatic N) is 2. The summed E-state index contributed by atoms with van der Waals surface area (Å²) < 4.78 is 0. The van der Waals surface area contributed by atoms with Crippen molar-refractivity contribution in [1.29, 1.82) is 5.26 Å². The molecule has 2 aromatic rings. The summed E-state index contributed by atoms with van der Waals surface area (Å²) >= 11 is 0. The molecule has 0 heterocycles. The molecule has 0 spiro atoms. The van der Waals surface area contributed by atoms with Crippen molar-refractivity contribution in [3.8, 4) is 6.07 Å². The van der Waals surface area contributed by atoms with E-state index in [4.69, 9.17) is 5.26 Å². The molecule has 0 saturated carbocycles. The lowest BCUT2D eigenvalue weighted by molar-refractivity contribution is -0.383. The number of nitro benzene ring substituents is 1. The molecule has 0 aromatic heterocycles. The average Bonchev–Trinajstić information content (AvgIpc) is 2.43. The summed E-state index contributed by atoms with van der Waals surface area (Å²) in [5.74, 6) is 0. The molecule has 0 unspecified atom stereocenters. The number of benzene rings is 2. The zero-order chi connectivity index (χ0) is 14.7. The van der Waals surface area contributed by atoms with Crippen LogP contribution in [0.1, 0.15) is 16.7 Å². The standard InChI is InChI=1S/C15H13N3O2/c1-10-3-4-11(2)14(7-10)17-13-6-5-12(9-16)8-15(13)18(19)20/h3-8,17H,1-2H3. The first-order valence-electron chi connectivity index (χ1n) is 6.04. The molecule has 2 aromatic carbocycles. The molecule has 0 fully saturated rings. The van der Waals surface area contributed by atoms with Crippen LogP contribution in [0.15, 0.2) is 36.4 Å². The van der Waals surface area contributed by atoms with Gasteiger partial charge in [0.1, 0.15) is 5.69 Å². The number of aryl methyl sites for hydroxylation is 2. The van der Waals surface area contributed by atoms with E-state index < -0.39 is 4.92 Å². The molecule has 2 rings (SSSR count). The van der Waals surface area contributed by atoms with Crippen molar-refractivity contribution in [3.63, 3.8) is 0 Å². The van der Waals surface area contributed by atoms with Crippen molar-refractivity contribution >= 4 is 17.1 Å². The zero-order valence-corrected chi connectivity index (χ0v) is 11.2. The fourth-order valence-corrected chi connectivity index (χ4v) is 1.87. The lowest BCUT2D eigenvalue weighted by Gasteiger charge is -2.11. The van der Waals surface area contributed by atoms with E-state index >= 15 is 0 Å². The minimum atomic E-state index is -0.492. The predicted octanol–water partition coefficient (Wildman–Crippen LogP) is 3.83. The highest BCUT2D eigenvalue weighted by Crippen LogP contribution is 2.30. The van der Waals surface area contributed by atoms with Gasteiger partial charge in [0, 0.05) is 11.8 Å². The number of nitriles is 1. The number of hydrogen-bond acceptors (Lipinski definition) is 4. The highest BCUT2D eigenvalue weighted by atomic mass is 16.6. The van der Waals surface area contributed by atoms with Gasteiger partial charge in [0.15, 0.2) is 0 Å². The van der Waals surface area contributed by atoms with E-state index in [1.54, 1.807) is 12.1 Å². The molecule has 0 aliphatic carbocycles. The van der Waals surface area contributed by atoms with Gasteiger partial charge in [-0.05, 0) is 43.2 Å². The molecular weight excluding hydrogens is 254 g/mol. The molecule has 0 aliphatic rings. The van der Waals surface area contributed by atoms with E-state index in [2.05, 4.69) is 5.32 Å². The van der Waals surface area contributed by atoms with Crippen LogP contribution in [-0.4, -0.2) is 4.92 Å². The van der Waals surface area contributed by atoms with Crippen LogP contribution in [-0.2, 0) is 0 Å². The Kier molecular flexibility index (Phi) is 3.67. The second kappa shape index (κ2) is 5.41. The van der Waals surface area contributed by atoms with Crippen LogP contribution in [0.2, 0.25) is 0 Å². The maximum absolute atomic E-state index is 11.1. The summed E-state index contributed by atoms with van der Waals surface area (Å²) in [6.45, 7) is 3.88. The summed E-state index contributed by atoms with van der Waals surface area (Å²) in [4.78, 5) is 10.6. The van der Waals surface area contributed by atoms with Gasteiger partial charge in [-0.1, -0.05) is 12.1 Å². The highest BCUT2D eigenvalue weighted by molar-refractivity contribution is 5.72. The van der Waals surface area contributed by atoms with Crippen molar-refractivity contribution < 1.29 is 4.92 Å². The molecule has 5 heteroatoms. The van der Waals surface area contributed by atoms with E-state index in [1.807, 2.05) is 38.1 Å². The van der Waals surface area contributed by atoms with Gasteiger partial charge in [0.25, 0.3) is 5.69 Å².